The third kappa shape index (κ3) is 2.50. The molecule has 0 saturated carbocycles. The normalized spacial score (nSPS) is 8.73. The predicted molar refractivity (Wildman–Crippen MR) is 63.0 cm³/mol. The van der Waals surface area contributed by atoms with Crippen molar-refractivity contribution in [2.24, 2.45) is 0 Å². The van der Waals surface area contributed by atoms with Gasteiger partial charge in [0.05, 0.1) is 4.88 Å². The second-order valence-corrected chi connectivity index (χ2v) is 3.99. The van der Waals surface area contributed by atoms with Crippen molar-refractivity contribution in [3.05, 3.63) is 64.2 Å². The molecule has 0 aliphatic carbocycles. The Hall–Kier alpha value is -1.96. The molecule has 2 rings (SSSR count). The first-order valence-electron chi connectivity index (χ1n) is 4.48. The molecule has 0 atom stereocenters. The Balaban J connectivity index is 2.23. The number of benzene rings is 1. The van der Waals surface area contributed by atoms with Gasteiger partial charge in [-0.2, -0.15) is 0 Å². The zero-order valence-corrected chi connectivity index (χ0v) is 8.77. The quantitative estimate of drug-likeness (QED) is 0.460. The zero-order valence-electron chi connectivity index (χ0n) is 7.95. The van der Waals surface area contributed by atoms with E-state index >= 15 is 0 Å². The van der Waals surface area contributed by atoms with Gasteiger partial charge in [0.2, 0.25) is 0 Å². The SMILES string of the molecule is [C-]#Cc1ccc(C#Cc2ccccc2)s1. The van der Waals surface area contributed by atoms with Crippen LogP contribution in [0.2, 0.25) is 0 Å². The Morgan fingerprint density at radius 3 is 2.27 bits per heavy atom. The topological polar surface area (TPSA) is 0 Å². The molecule has 2 aromatic rings. The van der Waals surface area contributed by atoms with Crippen molar-refractivity contribution in [3.63, 3.8) is 0 Å². The summed E-state index contributed by atoms with van der Waals surface area (Å²) in [4.78, 5) is 1.78. The van der Waals surface area contributed by atoms with Gasteiger partial charge >= 0.3 is 0 Å². The second kappa shape index (κ2) is 4.51. The van der Waals surface area contributed by atoms with Gasteiger partial charge in [0.25, 0.3) is 0 Å². The maximum Gasteiger partial charge on any atom is 0.0590 e. The molecule has 0 aliphatic rings. The maximum absolute atomic E-state index is 6.97. The van der Waals surface area contributed by atoms with E-state index in [1.807, 2.05) is 42.5 Å². The van der Waals surface area contributed by atoms with Gasteiger partial charge in [-0.1, -0.05) is 41.0 Å². The van der Waals surface area contributed by atoms with E-state index in [2.05, 4.69) is 17.8 Å². The Morgan fingerprint density at radius 1 is 0.867 bits per heavy atom. The Morgan fingerprint density at radius 2 is 1.60 bits per heavy atom. The minimum atomic E-state index is 0.812. The summed E-state index contributed by atoms with van der Waals surface area (Å²) in [6.45, 7) is 0. The molecule has 0 unspecified atom stereocenters. The van der Waals surface area contributed by atoms with Gasteiger partial charge in [0.1, 0.15) is 0 Å². The van der Waals surface area contributed by atoms with Gasteiger partial charge < -0.3 is 6.42 Å². The first kappa shape index (κ1) is 9.59. The summed E-state index contributed by atoms with van der Waals surface area (Å²) >= 11 is 1.48. The first-order valence-corrected chi connectivity index (χ1v) is 5.30. The predicted octanol–water partition coefficient (Wildman–Crippen LogP) is 3.09. The van der Waals surface area contributed by atoms with Crippen molar-refractivity contribution in [1.82, 2.24) is 0 Å². The molecule has 70 valence electrons. The van der Waals surface area contributed by atoms with Crippen molar-refractivity contribution in [2.45, 2.75) is 0 Å². The molecular formula is C14H7S-. The van der Waals surface area contributed by atoms with Crippen LogP contribution in [-0.2, 0) is 0 Å². The lowest BCUT2D eigenvalue weighted by Crippen LogP contribution is -1.70. The van der Waals surface area contributed by atoms with Gasteiger partial charge in [0, 0.05) is 5.56 Å². The van der Waals surface area contributed by atoms with Gasteiger partial charge in [0.15, 0.2) is 0 Å². The van der Waals surface area contributed by atoms with E-state index in [9.17, 15) is 0 Å². The zero-order chi connectivity index (χ0) is 10.5. The second-order valence-electron chi connectivity index (χ2n) is 2.90. The minimum Gasteiger partial charge on any atom is -0.365 e. The summed E-state index contributed by atoms with van der Waals surface area (Å²) in [6.07, 6.45) is 6.97. The van der Waals surface area contributed by atoms with Gasteiger partial charge in [-0.3, -0.25) is 5.92 Å². The Bertz CT molecular complexity index is 544. The van der Waals surface area contributed by atoms with Crippen LogP contribution in [0.3, 0.4) is 0 Å². The summed E-state index contributed by atoms with van der Waals surface area (Å²) in [5.74, 6) is 8.48. The van der Waals surface area contributed by atoms with Crippen LogP contribution in [0.25, 0.3) is 0 Å². The van der Waals surface area contributed by atoms with E-state index in [4.69, 9.17) is 6.42 Å². The number of hydrogen-bond acceptors (Lipinski definition) is 1. The lowest BCUT2D eigenvalue weighted by atomic mass is 10.2. The Kier molecular flexibility index (Phi) is 2.88. The molecule has 0 N–H and O–H groups in total. The van der Waals surface area contributed by atoms with Crippen LogP contribution >= 0.6 is 11.3 Å². The van der Waals surface area contributed by atoms with Crippen LogP contribution in [0, 0.1) is 24.2 Å². The molecule has 1 aromatic carbocycles. The van der Waals surface area contributed by atoms with Gasteiger partial charge in [-0.15, -0.1) is 6.07 Å². The van der Waals surface area contributed by atoms with Crippen molar-refractivity contribution < 1.29 is 0 Å². The summed E-state index contributed by atoms with van der Waals surface area (Å²) in [5.41, 5.74) is 1.01. The summed E-state index contributed by atoms with van der Waals surface area (Å²) in [5, 5.41) is 0. The molecule has 1 aromatic heterocycles. The highest BCUT2D eigenvalue weighted by Gasteiger charge is 1.86. The van der Waals surface area contributed by atoms with Crippen LogP contribution in [0.15, 0.2) is 42.5 Å². The van der Waals surface area contributed by atoms with Crippen LogP contribution in [0.5, 0.6) is 0 Å². The molecule has 0 amide bonds. The van der Waals surface area contributed by atoms with E-state index in [1.165, 1.54) is 11.3 Å². The van der Waals surface area contributed by atoms with E-state index in [1.54, 1.807) is 0 Å². The van der Waals surface area contributed by atoms with E-state index in [0.717, 1.165) is 15.3 Å². The fraction of sp³-hybridized carbons (Fsp3) is 0. The first-order chi connectivity index (χ1) is 7.38. The van der Waals surface area contributed by atoms with E-state index < -0.39 is 0 Å². The van der Waals surface area contributed by atoms with E-state index in [-0.39, 0.29) is 0 Å². The lowest BCUT2D eigenvalue weighted by Gasteiger charge is -1.87. The highest BCUT2D eigenvalue weighted by Crippen LogP contribution is 2.13. The standard InChI is InChI=1S/C14H7S/c1-2-13-10-11-14(15-13)9-8-12-6-4-3-5-7-12/h3-7,10-11H/q-1. The van der Waals surface area contributed by atoms with E-state index in [0.29, 0.717) is 0 Å². The van der Waals surface area contributed by atoms with Crippen molar-refractivity contribution >= 4 is 11.3 Å². The number of rotatable bonds is 0. The fourth-order valence-corrected chi connectivity index (χ4v) is 1.79. The Labute approximate surface area is 93.6 Å². The van der Waals surface area contributed by atoms with Gasteiger partial charge in [-0.25, -0.2) is 11.3 Å². The molecule has 0 radical (unpaired) electrons. The number of thiophene rings is 1. The van der Waals surface area contributed by atoms with Crippen LogP contribution < -0.4 is 0 Å². The molecular weight excluding hydrogens is 200 g/mol. The molecule has 0 aliphatic heterocycles. The van der Waals surface area contributed by atoms with Crippen LogP contribution in [0.1, 0.15) is 15.3 Å². The maximum atomic E-state index is 6.97. The highest BCUT2D eigenvalue weighted by molar-refractivity contribution is 7.13. The van der Waals surface area contributed by atoms with Crippen LogP contribution in [0.4, 0.5) is 0 Å². The fourth-order valence-electron chi connectivity index (χ4n) is 1.13. The molecule has 0 saturated heterocycles. The monoisotopic (exact) mass is 207 g/mol. The third-order valence-corrected chi connectivity index (χ3v) is 2.75. The van der Waals surface area contributed by atoms with Gasteiger partial charge in [-0.05, 0) is 12.1 Å². The van der Waals surface area contributed by atoms with Crippen molar-refractivity contribution in [3.8, 4) is 17.8 Å². The molecule has 0 nitrogen and oxygen atoms in total. The molecule has 0 spiro atoms. The average molecular weight is 207 g/mol. The number of hydrogen-bond donors (Lipinski definition) is 0. The largest absolute Gasteiger partial charge is 0.365 e. The third-order valence-electron chi connectivity index (χ3n) is 1.83. The smallest absolute Gasteiger partial charge is 0.0590 e. The minimum absolute atomic E-state index is 0.812. The highest BCUT2D eigenvalue weighted by atomic mass is 32.1. The summed E-state index contributed by atoms with van der Waals surface area (Å²) in [6, 6.07) is 13.6. The molecule has 0 fully saturated rings. The lowest BCUT2D eigenvalue weighted by molar-refractivity contribution is 1.65. The van der Waals surface area contributed by atoms with Crippen molar-refractivity contribution in [1.29, 1.82) is 0 Å². The average Bonchev–Trinajstić information content (AvgIpc) is 2.76. The molecule has 1 heterocycles. The molecule has 0 bridgehead atoms. The summed E-state index contributed by atoms with van der Waals surface area (Å²) in [7, 11) is 0. The summed E-state index contributed by atoms with van der Waals surface area (Å²) < 4.78 is 0. The van der Waals surface area contributed by atoms with Crippen LogP contribution in [-0.4, -0.2) is 0 Å². The van der Waals surface area contributed by atoms with Crippen molar-refractivity contribution in [2.75, 3.05) is 0 Å². The molecule has 15 heavy (non-hydrogen) atoms. The molecule has 1 heteroatoms.